The first-order chi connectivity index (χ1) is 13.3. The van der Waals surface area contributed by atoms with Crippen molar-refractivity contribution in [1.29, 1.82) is 0 Å². The fourth-order valence-electron chi connectivity index (χ4n) is 4.45. The summed E-state index contributed by atoms with van der Waals surface area (Å²) in [6.45, 7) is 2.26. The summed E-state index contributed by atoms with van der Waals surface area (Å²) >= 11 is 0. The SMILES string of the molecule is Cc1cc2c(ccc3cnc(Oc4ccccc4)cc32)cc1C1CCCC1. The van der Waals surface area contributed by atoms with Crippen LogP contribution in [0, 0.1) is 6.92 Å². The fourth-order valence-corrected chi connectivity index (χ4v) is 4.45. The average molecular weight is 353 g/mol. The molecule has 1 heterocycles. The second kappa shape index (κ2) is 6.70. The standard InChI is InChI=1S/C25H23NO/c1-17-13-23-19(14-22(17)18-7-5-6-8-18)11-12-20-16-26-25(15-24(20)23)27-21-9-3-2-4-10-21/h2-4,9-16,18H,5-8H2,1H3. The molecule has 0 bridgehead atoms. The average Bonchev–Trinajstić information content (AvgIpc) is 3.23. The van der Waals surface area contributed by atoms with E-state index in [0.717, 1.165) is 17.1 Å². The largest absolute Gasteiger partial charge is 0.439 e. The molecule has 4 aromatic rings. The van der Waals surface area contributed by atoms with Crippen molar-refractivity contribution in [2.45, 2.75) is 38.5 Å². The van der Waals surface area contributed by atoms with Crippen LogP contribution in [0.15, 0.2) is 66.9 Å². The molecule has 27 heavy (non-hydrogen) atoms. The Bertz CT molecular complexity index is 1110. The van der Waals surface area contributed by atoms with E-state index in [9.17, 15) is 0 Å². The molecule has 5 rings (SSSR count). The molecule has 1 aliphatic carbocycles. The summed E-state index contributed by atoms with van der Waals surface area (Å²) in [4.78, 5) is 4.49. The maximum atomic E-state index is 5.96. The quantitative estimate of drug-likeness (QED) is 0.365. The highest BCUT2D eigenvalue weighted by Crippen LogP contribution is 2.38. The number of aryl methyl sites for hydroxylation is 1. The lowest BCUT2D eigenvalue weighted by Gasteiger charge is -2.15. The normalized spacial score (nSPS) is 14.9. The van der Waals surface area contributed by atoms with Gasteiger partial charge in [-0.2, -0.15) is 0 Å². The summed E-state index contributed by atoms with van der Waals surface area (Å²) < 4.78 is 5.96. The van der Waals surface area contributed by atoms with E-state index < -0.39 is 0 Å². The number of para-hydroxylation sites is 1. The van der Waals surface area contributed by atoms with Gasteiger partial charge >= 0.3 is 0 Å². The molecular weight excluding hydrogens is 330 g/mol. The Balaban J connectivity index is 1.62. The topological polar surface area (TPSA) is 22.1 Å². The highest BCUT2D eigenvalue weighted by atomic mass is 16.5. The van der Waals surface area contributed by atoms with E-state index in [4.69, 9.17) is 4.74 Å². The zero-order valence-electron chi connectivity index (χ0n) is 15.6. The lowest BCUT2D eigenvalue weighted by atomic mass is 9.90. The number of benzene rings is 3. The minimum Gasteiger partial charge on any atom is -0.439 e. The van der Waals surface area contributed by atoms with Crippen molar-refractivity contribution in [3.8, 4) is 11.6 Å². The maximum absolute atomic E-state index is 5.96. The van der Waals surface area contributed by atoms with Gasteiger partial charge < -0.3 is 4.74 Å². The summed E-state index contributed by atoms with van der Waals surface area (Å²) in [5.74, 6) is 2.18. The number of nitrogens with zero attached hydrogens (tertiary/aromatic N) is 1. The molecule has 0 aliphatic heterocycles. The third-order valence-electron chi connectivity index (χ3n) is 5.84. The van der Waals surface area contributed by atoms with Crippen LogP contribution in [0.3, 0.4) is 0 Å². The molecule has 1 aliphatic rings. The molecular formula is C25H23NO. The van der Waals surface area contributed by atoms with Crippen LogP contribution in [-0.2, 0) is 0 Å². The summed E-state index contributed by atoms with van der Waals surface area (Å²) in [5.41, 5.74) is 2.94. The highest BCUT2D eigenvalue weighted by Gasteiger charge is 2.19. The number of rotatable bonds is 3. The van der Waals surface area contributed by atoms with Gasteiger partial charge in [-0.3, -0.25) is 0 Å². The predicted octanol–water partition coefficient (Wildman–Crippen LogP) is 7.15. The Morgan fingerprint density at radius 3 is 2.41 bits per heavy atom. The van der Waals surface area contributed by atoms with Crippen LogP contribution < -0.4 is 4.74 Å². The van der Waals surface area contributed by atoms with Crippen molar-refractivity contribution >= 4 is 21.5 Å². The van der Waals surface area contributed by atoms with Gasteiger partial charge in [0.15, 0.2) is 0 Å². The highest BCUT2D eigenvalue weighted by molar-refractivity contribution is 6.08. The molecule has 0 amide bonds. The van der Waals surface area contributed by atoms with Gasteiger partial charge in [0.25, 0.3) is 0 Å². The Kier molecular flexibility index (Phi) is 4.05. The van der Waals surface area contributed by atoms with E-state index in [1.165, 1.54) is 53.0 Å². The van der Waals surface area contributed by atoms with Crippen molar-refractivity contribution in [3.63, 3.8) is 0 Å². The monoisotopic (exact) mass is 353 g/mol. The molecule has 0 radical (unpaired) electrons. The third kappa shape index (κ3) is 3.06. The molecule has 134 valence electrons. The summed E-state index contributed by atoms with van der Waals surface area (Å²) in [5, 5.41) is 4.95. The fraction of sp³-hybridized carbons (Fsp3) is 0.240. The maximum Gasteiger partial charge on any atom is 0.219 e. The van der Waals surface area contributed by atoms with E-state index in [1.807, 2.05) is 36.5 Å². The van der Waals surface area contributed by atoms with Gasteiger partial charge in [-0.05, 0) is 65.1 Å². The van der Waals surface area contributed by atoms with Crippen LogP contribution in [0.5, 0.6) is 11.6 Å². The third-order valence-corrected chi connectivity index (χ3v) is 5.84. The van der Waals surface area contributed by atoms with Gasteiger partial charge in [-0.15, -0.1) is 0 Å². The number of ether oxygens (including phenoxy) is 1. The first kappa shape index (κ1) is 16.3. The smallest absolute Gasteiger partial charge is 0.219 e. The zero-order valence-corrected chi connectivity index (χ0v) is 15.6. The van der Waals surface area contributed by atoms with Gasteiger partial charge in [-0.25, -0.2) is 4.98 Å². The van der Waals surface area contributed by atoms with Crippen molar-refractivity contribution in [2.24, 2.45) is 0 Å². The van der Waals surface area contributed by atoms with E-state index in [0.29, 0.717) is 5.88 Å². The molecule has 1 aromatic heterocycles. The predicted molar refractivity (Wildman–Crippen MR) is 112 cm³/mol. The Morgan fingerprint density at radius 1 is 0.852 bits per heavy atom. The first-order valence-corrected chi connectivity index (χ1v) is 9.84. The molecule has 0 spiro atoms. The van der Waals surface area contributed by atoms with E-state index in [-0.39, 0.29) is 0 Å². The number of aromatic nitrogens is 1. The van der Waals surface area contributed by atoms with E-state index >= 15 is 0 Å². The molecule has 0 saturated heterocycles. The molecule has 1 saturated carbocycles. The molecule has 0 N–H and O–H groups in total. The van der Waals surface area contributed by atoms with Crippen molar-refractivity contribution in [3.05, 3.63) is 78.0 Å². The van der Waals surface area contributed by atoms with Crippen LogP contribution in [0.25, 0.3) is 21.5 Å². The Labute approximate surface area is 159 Å². The number of pyridine rings is 1. The molecule has 3 aromatic carbocycles. The Morgan fingerprint density at radius 2 is 1.59 bits per heavy atom. The Hall–Kier alpha value is -2.87. The second-order valence-corrected chi connectivity index (χ2v) is 7.64. The van der Waals surface area contributed by atoms with E-state index in [2.05, 4.69) is 42.2 Å². The van der Waals surface area contributed by atoms with Gasteiger partial charge in [-0.1, -0.05) is 55.3 Å². The summed E-state index contributed by atoms with van der Waals surface area (Å²) in [7, 11) is 0. The number of hydrogen-bond donors (Lipinski definition) is 0. The van der Waals surface area contributed by atoms with E-state index in [1.54, 1.807) is 0 Å². The lowest BCUT2D eigenvalue weighted by Crippen LogP contribution is -1.96. The van der Waals surface area contributed by atoms with Crippen molar-refractivity contribution < 1.29 is 4.74 Å². The van der Waals surface area contributed by atoms with Gasteiger partial charge in [0.1, 0.15) is 5.75 Å². The second-order valence-electron chi connectivity index (χ2n) is 7.64. The number of fused-ring (bicyclic) bond motifs is 3. The van der Waals surface area contributed by atoms with Crippen LogP contribution in [-0.4, -0.2) is 4.98 Å². The summed E-state index contributed by atoms with van der Waals surface area (Å²) in [6, 6.07) is 21.1. The van der Waals surface area contributed by atoms with Crippen molar-refractivity contribution in [2.75, 3.05) is 0 Å². The van der Waals surface area contributed by atoms with Gasteiger partial charge in [0, 0.05) is 17.6 Å². The molecule has 2 nitrogen and oxygen atoms in total. The number of hydrogen-bond acceptors (Lipinski definition) is 2. The van der Waals surface area contributed by atoms with Crippen LogP contribution >= 0.6 is 0 Å². The molecule has 0 unspecified atom stereocenters. The zero-order chi connectivity index (χ0) is 18.2. The van der Waals surface area contributed by atoms with Gasteiger partial charge in [0.05, 0.1) is 0 Å². The van der Waals surface area contributed by atoms with Crippen molar-refractivity contribution in [1.82, 2.24) is 4.98 Å². The summed E-state index contributed by atoms with van der Waals surface area (Å²) in [6.07, 6.45) is 7.31. The van der Waals surface area contributed by atoms with Gasteiger partial charge in [0.2, 0.25) is 5.88 Å². The van der Waals surface area contributed by atoms with Crippen LogP contribution in [0.2, 0.25) is 0 Å². The molecule has 2 heteroatoms. The first-order valence-electron chi connectivity index (χ1n) is 9.84. The molecule has 0 atom stereocenters. The lowest BCUT2D eigenvalue weighted by molar-refractivity contribution is 0.464. The molecule has 1 fully saturated rings. The van der Waals surface area contributed by atoms with Crippen LogP contribution in [0.1, 0.15) is 42.7 Å². The minimum absolute atomic E-state index is 0.638. The minimum atomic E-state index is 0.638. The van der Waals surface area contributed by atoms with Crippen LogP contribution in [0.4, 0.5) is 0 Å².